The largest absolute Gasteiger partial charge is 0.446 e. The lowest BCUT2D eigenvalue weighted by Crippen LogP contribution is -2.52. The maximum atomic E-state index is 13.9. The van der Waals surface area contributed by atoms with Gasteiger partial charge in [-0.15, -0.1) is 12.4 Å². The Bertz CT molecular complexity index is 1560. The first-order valence-corrected chi connectivity index (χ1v) is 14.2. The number of alkyl carbamates (subject to hydrolysis) is 1. The fourth-order valence-electron chi connectivity index (χ4n) is 6.13. The number of nitrogens with one attached hydrogen (secondary N) is 3. The predicted molar refractivity (Wildman–Crippen MR) is 162 cm³/mol. The third kappa shape index (κ3) is 6.26. The van der Waals surface area contributed by atoms with Gasteiger partial charge >= 0.3 is 11.8 Å². The first-order chi connectivity index (χ1) is 19.6. The number of H-pyrrole nitrogens is 1. The molecule has 2 aliphatic rings. The van der Waals surface area contributed by atoms with Crippen LogP contribution in [0, 0.1) is 0 Å². The Labute approximate surface area is 244 Å². The number of fused-ring (bicyclic) bond motifs is 2. The standard InChI is InChI=1S/C31H35N5O4.ClH/c37-29(35-18-14-23(15-19-35)36-28-11-4-3-10-26(28)33-30(36)38)27(34-31(39)40-24-12-16-32-17-13-24)20-22-8-5-7-21-6-1-2-9-25(21)22;/h1-11,23-24,27,32H,12-20H2,(H,33,38)(H,34,39);1H/t27-;/m1./s1. The molecular formula is C31H36ClN5O4. The number of hydrogen-bond donors (Lipinski definition) is 3. The molecule has 1 atom stereocenters. The first-order valence-electron chi connectivity index (χ1n) is 14.2. The summed E-state index contributed by atoms with van der Waals surface area (Å²) in [6.07, 6.45) is 2.50. The molecule has 9 nitrogen and oxygen atoms in total. The van der Waals surface area contributed by atoms with Gasteiger partial charge in [0.2, 0.25) is 5.91 Å². The highest BCUT2D eigenvalue weighted by Crippen LogP contribution is 2.26. The third-order valence-electron chi connectivity index (χ3n) is 8.22. The number of carbonyl (C=O) groups excluding carboxylic acids is 2. The van der Waals surface area contributed by atoms with E-state index in [1.807, 2.05) is 76.2 Å². The summed E-state index contributed by atoms with van der Waals surface area (Å²) < 4.78 is 7.52. The molecule has 0 aliphatic carbocycles. The molecule has 0 unspecified atom stereocenters. The number of rotatable bonds is 6. The van der Waals surface area contributed by atoms with Crippen molar-refractivity contribution in [3.8, 4) is 0 Å². The van der Waals surface area contributed by atoms with Crippen LogP contribution in [0.25, 0.3) is 21.8 Å². The number of carbonyl (C=O) groups is 2. The lowest BCUT2D eigenvalue weighted by molar-refractivity contribution is -0.134. The molecule has 0 saturated carbocycles. The van der Waals surface area contributed by atoms with E-state index in [4.69, 9.17) is 4.74 Å². The molecule has 0 spiro atoms. The third-order valence-corrected chi connectivity index (χ3v) is 8.22. The molecule has 0 bridgehead atoms. The van der Waals surface area contributed by atoms with Gasteiger partial charge in [0.25, 0.3) is 0 Å². The van der Waals surface area contributed by atoms with Gasteiger partial charge in [0.15, 0.2) is 0 Å². The SMILES string of the molecule is Cl.O=C(N[C@H](Cc1cccc2ccccc12)C(=O)N1CCC(n2c(=O)[nH]c3ccccc32)CC1)OC1CCNCC1. The van der Waals surface area contributed by atoms with Gasteiger partial charge in [-0.3, -0.25) is 9.36 Å². The lowest BCUT2D eigenvalue weighted by Gasteiger charge is -2.35. The van der Waals surface area contributed by atoms with Crippen LogP contribution in [0.15, 0.2) is 71.5 Å². The van der Waals surface area contributed by atoms with Gasteiger partial charge in [0.05, 0.1) is 11.0 Å². The minimum atomic E-state index is -0.757. The second-order valence-corrected chi connectivity index (χ2v) is 10.8. The first kappa shape index (κ1) is 28.7. The zero-order valence-corrected chi connectivity index (χ0v) is 23.7. The quantitative estimate of drug-likeness (QED) is 0.319. The van der Waals surface area contributed by atoms with E-state index in [0.717, 1.165) is 53.3 Å². The van der Waals surface area contributed by atoms with Crippen molar-refractivity contribution in [2.24, 2.45) is 0 Å². The Morgan fingerprint density at radius 3 is 2.44 bits per heavy atom. The number of amides is 2. The van der Waals surface area contributed by atoms with Crippen LogP contribution in [0.1, 0.15) is 37.3 Å². The molecule has 1 aromatic heterocycles. The number of benzene rings is 3. The highest BCUT2D eigenvalue weighted by Gasteiger charge is 2.32. The summed E-state index contributed by atoms with van der Waals surface area (Å²) in [6, 6.07) is 21.0. The number of nitrogens with zero attached hydrogens (tertiary/aromatic N) is 2. The van der Waals surface area contributed by atoms with Crippen LogP contribution >= 0.6 is 12.4 Å². The molecule has 2 aliphatic heterocycles. The molecule has 4 aromatic rings. The van der Waals surface area contributed by atoms with Crippen molar-refractivity contribution in [1.82, 2.24) is 25.1 Å². The summed E-state index contributed by atoms with van der Waals surface area (Å²) in [5.74, 6) is -0.125. The van der Waals surface area contributed by atoms with Gasteiger partial charge in [-0.05, 0) is 67.2 Å². The van der Waals surface area contributed by atoms with Crippen molar-refractivity contribution in [3.63, 3.8) is 0 Å². The number of ether oxygens (including phenoxy) is 1. The summed E-state index contributed by atoms with van der Waals surface area (Å²) in [5.41, 5.74) is 2.58. The minimum Gasteiger partial charge on any atom is -0.446 e. The molecular weight excluding hydrogens is 542 g/mol. The van der Waals surface area contributed by atoms with Crippen molar-refractivity contribution in [1.29, 1.82) is 0 Å². The van der Waals surface area contributed by atoms with Gasteiger partial charge in [0.1, 0.15) is 12.1 Å². The van der Waals surface area contributed by atoms with Gasteiger partial charge in [-0.25, -0.2) is 9.59 Å². The van der Waals surface area contributed by atoms with Crippen molar-refractivity contribution >= 4 is 46.2 Å². The summed E-state index contributed by atoms with van der Waals surface area (Å²) >= 11 is 0. The Kier molecular flexibility index (Phi) is 8.95. The fourth-order valence-corrected chi connectivity index (χ4v) is 6.13. The average Bonchev–Trinajstić information content (AvgIpc) is 3.33. The zero-order valence-electron chi connectivity index (χ0n) is 22.9. The van der Waals surface area contributed by atoms with E-state index in [1.165, 1.54) is 0 Å². The molecule has 41 heavy (non-hydrogen) atoms. The molecule has 2 amide bonds. The van der Waals surface area contributed by atoms with E-state index in [0.29, 0.717) is 32.4 Å². The van der Waals surface area contributed by atoms with E-state index < -0.39 is 12.1 Å². The van der Waals surface area contributed by atoms with Crippen molar-refractivity contribution in [2.75, 3.05) is 26.2 Å². The van der Waals surface area contributed by atoms with E-state index in [1.54, 1.807) is 0 Å². The second kappa shape index (κ2) is 12.8. The maximum Gasteiger partial charge on any atom is 0.408 e. The molecule has 6 rings (SSSR count). The summed E-state index contributed by atoms with van der Waals surface area (Å²) in [5, 5.41) is 8.34. The highest BCUT2D eigenvalue weighted by atomic mass is 35.5. The molecule has 0 radical (unpaired) electrons. The van der Waals surface area contributed by atoms with Crippen LogP contribution in [0.5, 0.6) is 0 Å². The Morgan fingerprint density at radius 2 is 1.63 bits per heavy atom. The summed E-state index contributed by atoms with van der Waals surface area (Å²) in [4.78, 5) is 44.3. The summed E-state index contributed by atoms with van der Waals surface area (Å²) in [6.45, 7) is 2.63. The molecule has 3 heterocycles. The van der Waals surface area contributed by atoms with Crippen molar-refractivity contribution < 1.29 is 14.3 Å². The monoisotopic (exact) mass is 577 g/mol. The molecule has 3 aromatic carbocycles. The van der Waals surface area contributed by atoms with Crippen LogP contribution in [0.4, 0.5) is 4.79 Å². The predicted octanol–water partition coefficient (Wildman–Crippen LogP) is 4.16. The minimum absolute atomic E-state index is 0. The van der Waals surface area contributed by atoms with Crippen LogP contribution in [-0.4, -0.2) is 64.8 Å². The van der Waals surface area contributed by atoms with E-state index >= 15 is 0 Å². The van der Waals surface area contributed by atoms with Crippen LogP contribution in [0.2, 0.25) is 0 Å². The van der Waals surface area contributed by atoms with Gasteiger partial charge in [-0.1, -0.05) is 54.6 Å². The Morgan fingerprint density at radius 1 is 0.927 bits per heavy atom. The van der Waals surface area contributed by atoms with Crippen LogP contribution < -0.4 is 16.3 Å². The lowest BCUT2D eigenvalue weighted by atomic mass is 9.97. The van der Waals surface area contributed by atoms with Crippen molar-refractivity contribution in [3.05, 3.63) is 82.8 Å². The summed E-state index contributed by atoms with van der Waals surface area (Å²) in [7, 11) is 0. The normalized spacial score (nSPS) is 17.2. The van der Waals surface area contributed by atoms with Crippen LogP contribution in [-0.2, 0) is 16.0 Å². The van der Waals surface area contributed by atoms with Gasteiger partial charge in [-0.2, -0.15) is 0 Å². The number of likely N-dealkylation sites (tertiary alicyclic amines) is 1. The molecule has 10 heteroatoms. The van der Waals surface area contributed by atoms with E-state index in [-0.39, 0.29) is 36.1 Å². The highest BCUT2D eigenvalue weighted by molar-refractivity contribution is 5.89. The van der Waals surface area contributed by atoms with E-state index in [2.05, 4.69) is 15.6 Å². The van der Waals surface area contributed by atoms with Crippen LogP contribution in [0.3, 0.4) is 0 Å². The topological polar surface area (TPSA) is 108 Å². The zero-order chi connectivity index (χ0) is 27.5. The van der Waals surface area contributed by atoms with Gasteiger partial charge < -0.3 is 25.3 Å². The number of para-hydroxylation sites is 2. The Balaban J connectivity index is 0.00000337. The van der Waals surface area contributed by atoms with Gasteiger partial charge in [0, 0.05) is 25.6 Å². The number of halogens is 1. The second-order valence-electron chi connectivity index (χ2n) is 10.8. The fraction of sp³-hybridized carbons (Fsp3) is 0.387. The molecule has 2 fully saturated rings. The van der Waals surface area contributed by atoms with Crippen molar-refractivity contribution in [2.45, 2.75) is 50.3 Å². The number of aromatic nitrogens is 2. The number of piperidine rings is 2. The average molecular weight is 578 g/mol. The maximum absolute atomic E-state index is 13.9. The number of imidazole rings is 1. The number of aromatic amines is 1. The molecule has 3 N–H and O–H groups in total. The molecule has 216 valence electrons. The van der Waals surface area contributed by atoms with E-state index in [9.17, 15) is 14.4 Å². The molecule has 2 saturated heterocycles. The number of hydrogen-bond acceptors (Lipinski definition) is 5. The smallest absolute Gasteiger partial charge is 0.408 e. The Hall–Kier alpha value is -3.82.